The van der Waals surface area contributed by atoms with Crippen LogP contribution in [0.2, 0.25) is 0 Å². The number of alkyl halides is 3. The molecule has 1 aromatic carbocycles. The van der Waals surface area contributed by atoms with Crippen LogP contribution in [-0.2, 0) is 12.6 Å². The molecule has 5 heteroatoms. The quantitative estimate of drug-likeness (QED) is 0.915. The average molecular weight is 300 g/mol. The number of nitrogens with zero attached hydrogens (tertiary/aromatic N) is 1. The summed E-state index contributed by atoms with van der Waals surface area (Å²) >= 11 is 0. The fourth-order valence-electron chi connectivity index (χ4n) is 3.01. The van der Waals surface area contributed by atoms with Crippen molar-refractivity contribution in [1.29, 1.82) is 0 Å². The zero-order valence-corrected chi connectivity index (χ0v) is 12.6. The zero-order valence-electron chi connectivity index (χ0n) is 12.6. The van der Waals surface area contributed by atoms with E-state index in [1.165, 1.54) is 6.07 Å². The normalized spacial score (nSPS) is 21.4. The van der Waals surface area contributed by atoms with E-state index in [1.54, 1.807) is 19.1 Å². The molecule has 2 atom stereocenters. The van der Waals surface area contributed by atoms with Gasteiger partial charge in [-0.1, -0.05) is 6.07 Å². The summed E-state index contributed by atoms with van der Waals surface area (Å²) < 4.78 is 39.9. The molecule has 0 aromatic heterocycles. The number of hydrogen-bond donors (Lipinski definition) is 1. The molecule has 1 aliphatic rings. The molecule has 118 valence electrons. The summed E-state index contributed by atoms with van der Waals surface area (Å²) in [5.41, 5.74) is 6.07. The lowest BCUT2D eigenvalue weighted by molar-refractivity contribution is -0.138. The molecule has 2 nitrogen and oxygen atoms in total. The molecule has 0 radical (unpaired) electrons. The van der Waals surface area contributed by atoms with Gasteiger partial charge in [0.1, 0.15) is 0 Å². The smallest absolute Gasteiger partial charge is 0.369 e. The maximum absolute atomic E-state index is 13.3. The van der Waals surface area contributed by atoms with Crippen LogP contribution in [0.15, 0.2) is 18.2 Å². The molecule has 1 saturated heterocycles. The van der Waals surface area contributed by atoms with Crippen LogP contribution in [0, 0.1) is 0 Å². The average Bonchev–Trinajstić information content (AvgIpc) is 2.38. The highest BCUT2D eigenvalue weighted by atomic mass is 19.4. The van der Waals surface area contributed by atoms with E-state index >= 15 is 0 Å². The van der Waals surface area contributed by atoms with E-state index in [2.05, 4.69) is 11.8 Å². The second-order valence-corrected chi connectivity index (χ2v) is 6.06. The van der Waals surface area contributed by atoms with Gasteiger partial charge in [0.05, 0.1) is 5.56 Å². The van der Waals surface area contributed by atoms with Crippen molar-refractivity contribution < 1.29 is 13.2 Å². The Kier molecular flexibility index (Phi) is 4.81. The highest BCUT2D eigenvalue weighted by molar-refractivity contribution is 5.53. The highest BCUT2D eigenvalue weighted by Crippen LogP contribution is 2.36. The number of halogens is 3. The molecule has 2 N–H and O–H groups in total. The number of rotatable bonds is 3. The van der Waals surface area contributed by atoms with Gasteiger partial charge in [-0.25, -0.2) is 0 Å². The molecule has 2 unspecified atom stereocenters. The molecular weight excluding hydrogens is 277 g/mol. The van der Waals surface area contributed by atoms with E-state index in [1.807, 2.05) is 0 Å². The summed E-state index contributed by atoms with van der Waals surface area (Å²) in [6.07, 6.45) is -0.882. The molecule has 2 rings (SSSR count). The van der Waals surface area contributed by atoms with Gasteiger partial charge < -0.3 is 10.6 Å². The lowest BCUT2D eigenvalue weighted by atomic mass is 9.97. The zero-order chi connectivity index (χ0) is 15.6. The summed E-state index contributed by atoms with van der Waals surface area (Å²) in [6.45, 7) is 4.62. The van der Waals surface area contributed by atoms with E-state index in [4.69, 9.17) is 5.73 Å². The number of hydrogen-bond acceptors (Lipinski definition) is 2. The highest BCUT2D eigenvalue weighted by Gasteiger charge is 2.34. The SMILES string of the molecule is CC(N)Cc1ccc(N2CCCCC2C)cc1C(F)(F)F. The molecule has 0 saturated carbocycles. The Morgan fingerprint density at radius 2 is 2.05 bits per heavy atom. The lowest BCUT2D eigenvalue weighted by Crippen LogP contribution is -2.37. The summed E-state index contributed by atoms with van der Waals surface area (Å²) in [5, 5.41) is 0. The van der Waals surface area contributed by atoms with Crippen molar-refractivity contribution in [2.24, 2.45) is 5.73 Å². The van der Waals surface area contributed by atoms with Crippen molar-refractivity contribution in [2.75, 3.05) is 11.4 Å². The maximum Gasteiger partial charge on any atom is 0.416 e. The van der Waals surface area contributed by atoms with Crippen LogP contribution in [0.1, 0.15) is 44.2 Å². The largest absolute Gasteiger partial charge is 0.416 e. The Morgan fingerprint density at radius 3 is 2.62 bits per heavy atom. The summed E-state index contributed by atoms with van der Waals surface area (Å²) in [4.78, 5) is 2.08. The van der Waals surface area contributed by atoms with E-state index in [0.29, 0.717) is 11.7 Å². The van der Waals surface area contributed by atoms with Crippen LogP contribution in [0.3, 0.4) is 0 Å². The van der Waals surface area contributed by atoms with Crippen molar-refractivity contribution in [3.05, 3.63) is 29.3 Å². The monoisotopic (exact) mass is 300 g/mol. The van der Waals surface area contributed by atoms with E-state index < -0.39 is 11.7 Å². The van der Waals surface area contributed by atoms with Gasteiger partial charge in [-0.05, 0) is 57.2 Å². The Labute approximate surface area is 124 Å². The Balaban J connectivity index is 2.36. The fourth-order valence-corrected chi connectivity index (χ4v) is 3.01. The maximum atomic E-state index is 13.3. The van der Waals surface area contributed by atoms with Gasteiger partial charge in [0.2, 0.25) is 0 Å². The van der Waals surface area contributed by atoms with Gasteiger partial charge in [0.25, 0.3) is 0 Å². The van der Waals surface area contributed by atoms with Gasteiger partial charge >= 0.3 is 6.18 Å². The summed E-state index contributed by atoms with van der Waals surface area (Å²) in [6, 6.07) is 4.68. The molecule has 0 spiro atoms. The number of benzene rings is 1. The van der Waals surface area contributed by atoms with Crippen LogP contribution in [0.5, 0.6) is 0 Å². The van der Waals surface area contributed by atoms with Crippen LogP contribution in [0.4, 0.5) is 18.9 Å². The molecule has 0 aliphatic carbocycles. The molecular formula is C16H23F3N2. The second-order valence-electron chi connectivity index (χ2n) is 6.06. The topological polar surface area (TPSA) is 29.3 Å². The number of anilines is 1. The molecule has 0 bridgehead atoms. The first-order valence-corrected chi connectivity index (χ1v) is 7.51. The molecule has 1 aliphatic heterocycles. The first-order valence-electron chi connectivity index (χ1n) is 7.51. The van der Waals surface area contributed by atoms with Crippen molar-refractivity contribution in [1.82, 2.24) is 0 Å². The van der Waals surface area contributed by atoms with Crippen molar-refractivity contribution in [2.45, 2.75) is 57.8 Å². The van der Waals surface area contributed by atoms with Crippen molar-refractivity contribution in [3.63, 3.8) is 0 Å². The predicted molar refractivity (Wildman–Crippen MR) is 79.5 cm³/mol. The van der Waals surface area contributed by atoms with Crippen molar-refractivity contribution in [3.8, 4) is 0 Å². The fraction of sp³-hybridized carbons (Fsp3) is 0.625. The Bertz CT molecular complexity index is 483. The van der Waals surface area contributed by atoms with Gasteiger partial charge in [-0.3, -0.25) is 0 Å². The van der Waals surface area contributed by atoms with Crippen LogP contribution in [-0.4, -0.2) is 18.6 Å². The first kappa shape index (κ1) is 16.1. The third-order valence-electron chi connectivity index (χ3n) is 4.08. The third kappa shape index (κ3) is 3.90. The second kappa shape index (κ2) is 6.26. The predicted octanol–water partition coefficient (Wildman–Crippen LogP) is 3.97. The molecule has 1 fully saturated rings. The Morgan fingerprint density at radius 1 is 1.33 bits per heavy atom. The minimum absolute atomic E-state index is 0.241. The minimum Gasteiger partial charge on any atom is -0.369 e. The van der Waals surface area contributed by atoms with Gasteiger partial charge in [-0.15, -0.1) is 0 Å². The number of piperidine rings is 1. The lowest BCUT2D eigenvalue weighted by Gasteiger charge is -2.36. The first-order chi connectivity index (χ1) is 9.79. The Hall–Kier alpha value is -1.23. The van der Waals surface area contributed by atoms with E-state index in [-0.39, 0.29) is 18.0 Å². The van der Waals surface area contributed by atoms with Gasteiger partial charge in [0, 0.05) is 24.3 Å². The minimum atomic E-state index is -4.33. The van der Waals surface area contributed by atoms with E-state index in [9.17, 15) is 13.2 Å². The molecule has 21 heavy (non-hydrogen) atoms. The molecule has 1 aromatic rings. The third-order valence-corrected chi connectivity index (χ3v) is 4.08. The van der Waals surface area contributed by atoms with Crippen molar-refractivity contribution >= 4 is 5.69 Å². The van der Waals surface area contributed by atoms with Crippen LogP contribution in [0.25, 0.3) is 0 Å². The van der Waals surface area contributed by atoms with Gasteiger partial charge in [0.15, 0.2) is 0 Å². The van der Waals surface area contributed by atoms with E-state index in [0.717, 1.165) is 25.8 Å². The van der Waals surface area contributed by atoms with Crippen LogP contribution < -0.4 is 10.6 Å². The summed E-state index contributed by atoms with van der Waals surface area (Å²) in [7, 11) is 0. The molecule has 1 heterocycles. The number of nitrogens with two attached hydrogens (primary N) is 1. The standard InChI is InChI=1S/C16H23F3N2/c1-11(20)9-13-6-7-14(10-15(13)16(17,18)19)21-8-4-3-5-12(21)2/h6-7,10-12H,3-5,8-9,20H2,1-2H3. The van der Waals surface area contributed by atoms with Crippen LogP contribution >= 0.6 is 0 Å². The summed E-state index contributed by atoms with van der Waals surface area (Å²) in [5.74, 6) is 0. The molecule has 0 amide bonds. The van der Waals surface area contributed by atoms with Gasteiger partial charge in [-0.2, -0.15) is 13.2 Å².